The van der Waals surface area contributed by atoms with Crippen molar-refractivity contribution in [3.8, 4) is 5.75 Å². The van der Waals surface area contributed by atoms with E-state index in [1.807, 2.05) is 0 Å². The van der Waals surface area contributed by atoms with Gasteiger partial charge < -0.3 is 9.15 Å². The Morgan fingerprint density at radius 2 is 2.07 bits per heavy atom. The number of nitrogens with zero attached hydrogens (tertiary/aromatic N) is 1. The zero-order valence-corrected chi connectivity index (χ0v) is 16.3. The second kappa shape index (κ2) is 8.91. The maximum atomic E-state index is 12.4. The first-order valence-corrected chi connectivity index (χ1v) is 9.20. The van der Waals surface area contributed by atoms with Crippen molar-refractivity contribution in [3.63, 3.8) is 0 Å². The molecule has 0 spiro atoms. The van der Waals surface area contributed by atoms with Crippen molar-refractivity contribution in [2.45, 2.75) is 19.4 Å². The van der Waals surface area contributed by atoms with E-state index in [9.17, 15) is 9.59 Å². The lowest BCUT2D eigenvalue weighted by atomic mass is 10.2. The molecule has 144 valence electrons. The lowest BCUT2D eigenvalue weighted by molar-refractivity contribution is -0.128. The van der Waals surface area contributed by atoms with E-state index in [2.05, 4.69) is 10.5 Å². The predicted octanol–water partition coefficient (Wildman–Crippen LogP) is 4.41. The van der Waals surface area contributed by atoms with Gasteiger partial charge in [-0.15, -0.1) is 0 Å². The van der Waals surface area contributed by atoms with E-state index >= 15 is 0 Å². The van der Waals surface area contributed by atoms with Crippen LogP contribution < -0.4 is 15.6 Å². The molecule has 0 bridgehead atoms. The van der Waals surface area contributed by atoms with Crippen LogP contribution in [0.4, 0.5) is 0 Å². The van der Waals surface area contributed by atoms with E-state index in [1.54, 1.807) is 43.3 Å². The number of carbonyl (C=O) groups is 1. The molecule has 0 saturated heterocycles. The Bertz CT molecular complexity index is 1100. The van der Waals surface area contributed by atoms with Gasteiger partial charge >= 0.3 is 0 Å². The van der Waals surface area contributed by atoms with Crippen LogP contribution in [-0.4, -0.2) is 18.2 Å². The van der Waals surface area contributed by atoms with Crippen LogP contribution in [0, 0.1) is 0 Å². The van der Waals surface area contributed by atoms with Crippen molar-refractivity contribution in [2.24, 2.45) is 5.10 Å². The van der Waals surface area contributed by atoms with Crippen LogP contribution >= 0.6 is 23.2 Å². The highest BCUT2D eigenvalue weighted by Gasteiger charge is 2.19. The number of amides is 1. The van der Waals surface area contributed by atoms with Gasteiger partial charge in [-0.3, -0.25) is 9.59 Å². The number of benzene rings is 2. The third kappa shape index (κ3) is 4.52. The largest absolute Gasteiger partial charge is 0.479 e. The average molecular weight is 419 g/mol. The number of hydrogen-bond donors (Lipinski definition) is 1. The van der Waals surface area contributed by atoms with Gasteiger partial charge in [0.1, 0.15) is 17.6 Å². The van der Waals surface area contributed by atoms with Crippen LogP contribution in [0.25, 0.3) is 11.0 Å². The number of para-hydroxylation sites is 1. The van der Waals surface area contributed by atoms with Crippen molar-refractivity contribution in [2.75, 3.05) is 0 Å². The molecule has 1 amide bonds. The minimum atomic E-state index is -0.816. The molecular weight excluding hydrogens is 403 g/mol. The highest BCUT2D eigenvalue weighted by molar-refractivity contribution is 6.35. The molecule has 3 aromatic rings. The van der Waals surface area contributed by atoms with E-state index in [0.29, 0.717) is 33.2 Å². The number of carbonyl (C=O) groups excluding carboxylic acids is 1. The van der Waals surface area contributed by atoms with Gasteiger partial charge in [-0.2, -0.15) is 5.10 Å². The molecule has 1 aromatic heterocycles. The molecule has 1 heterocycles. The minimum Gasteiger partial charge on any atom is -0.479 e. The average Bonchev–Trinajstić information content (AvgIpc) is 2.69. The molecule has 0 aliphatic carbocycles. The molecule has 0 fully saturated rings. The third-order valence-electron chi connectivity index (χ3n) is 3.91. The molecule has 1 atom stereocenters. The fourth-order valence-electron chi connectivity index (χ4n) is 2.47. The molecule has 6 nitrogen and oxygen atoms in total. The lowest BCUT2D eigenvalue weighted by Gasteiger charge is -2.16. The molecule has 0 radical (unpaired) electrons. The van der Waals surface area contributed by atoms with Crippen LogP contribution in [-0.2, 0) is 4.79 Å². The normalized spacial score (nSPS) is 12.2. The van der Waals surface area contributed by atoms with Gasteiger partial charge in [0, 0.05) is 5.02 Å². The van der Waals surface area contributed by atoms with Gasteiger partial charge in [-0.1, -0.05) is 42.3 Å². The van der Waals surface area contributed by atoms with Crippen LogP contribution in [0.5, 0.6) is 5.75 Å². The number of hydrogen-bond acceptors (Lipinski definition) is 5. The molecular formula is C20H16Cl2N2O4. The molecule has 0 saturated carbocycles. The third-order valence-corrected chi connectivity index (χ3v) is 4.44. The second-order valence-electron chi connectivity index (χ2n) is 5.84. The van der Waals surface area contributed by atoms with Crippen molar-refractivity contribution in [1.29, 1.82) is 0 Å². The summed E-state index contributed by atoms with van der Waals surface area (Å²) in [6.45, 7) is 1.79. The van der Waals surface area contributed by atoms with Crippen LogP contribution in [0.2, 0.25) is 10.0 Å². The first kappa shape index (κ1) is 19.9. The summed E-state index contributed by atoms with van der Waals surface area (Å²) >= 11 is 11.9. The van der Waals surface area contributed by atoms with Crippen molar-refractivity contribution in [3.05, 3.63) is 74.6 Å². The molecule has 0 aliphatic heterocycles. The maximum Gasteiger partial charge on any atom is 0.281 e. The Hall–Kier alpha value is -2.83. The Morgan fingerprint density at radius 1 is 1.29 bits per heavy atom. The van der Waals surface area contributed by atoms with E-state index in [0.717, 1.165) is 0 Å². The quantitative estimate of drug-likeness (QED) is 0.474. The summed E-state index contributed by atoms with van der Waals surface area (Å²) in [7, 11) is 0. The number of ether oxygens (including phenoxy) is 1. The Kier molecular flexibility index (Phi) is 6.34. The fourth-order valence-corrected chi connectivity index (χ4v) is 2.92. The number of rotatable bonds is 6. The van der Waals surface area contributed by atoms with Gasteiger partial charge in [0.15, 0.2) is 6.10 Å². The van der Waals surface area contributed by atoms with E-state index < -0.39 is 12.0 Å². The van der Waals surface area contributed by atoms with Crippen LogP contribution in [0.3, 0.4) is 0 Å². The zero-order chi connectivity index (χ0) is 20.1. The molecule has 1 N–H and O–H groups in total. The minimum absolute atomic E-state index is 0.216. The Morgan fingerprint density at radius 3 is 2.82 bits per heavy atom. The number of fused-ring (bicyclic) bond motifs is 1. The fraction of sp³-hybridized carbons (Fsp3) is 0.150. The summed E-state index contributed by atoms with van der Waals surface area (Å²) < 4.78 is 11.0. The Labute approximate surface area is 170 Å². The van der Waals surface area contributed by atoms with Gasteiger partial charge in [0.05, 0.1) is 22.2 Å². The van der Waals surface area contributed by atoms with Gasteiger partial charge in [0.2, 0.25) is 5.43 Å². The lowest BCUT2D eigenvalue weighted by Crippen LogP contribution is -2.35. The van der Waals surface area contributed by atoms with Crippen LogP contribution in [0.15, 0.2) is 63.0 Å². The summed E-state index contributed by atoms with van der Waals surface area (Å²) in [6, 6.07) is 11.6. The number of hydrazone groups is 1. The molecule has 2 aromatic carbocycles. The zero-order valence-electron chi connectivity index (χ0n) is 14.8. The molecule has 0 aliphatic rings. The summed E-state index contributed by atoms with van der Waals surface area (Å²) in [5.74, 6) is -0.137. The van der Waals surface area contributed by atoms with E-state index in [4.69, 9.17) is 32.4 Å². The summed E-state index contributed by atoms with van der Waals surface area (Å²) in [6.07, 6.45) is 2.10. The number of nitrogens with one attached hydrogen (secondary N) is 1. The van der Waals surface area contributed by atoms with E-state index in [1.165, 1.54) is 18.5 Å². The first-order valence-electron chi connectivity index (χ1n) is 8.44. The summed E-state index contributed by atoms with van der Waals surface area (Å²) in [4.78, 5) is 24.7. The van der Waals surface area contributed by atoms with Gasteiger partial charge in [0.25, 0.3) is 5.91 Å². The van der Waals surface area contributed by atoms with E-state index in [-0.39, 0.29) is 11.0 Å². The highest BCUT2D eigenvalue weighted by atomic mass is 35.5. The van der Waals surface area contributed by atoms with Gasteiger partial charge in [-0.05, 0) is 36.8 Å². The first-order chi connectivity index (χ1) is 13.5. The second-order valence-corrected chi connectivity index (χ2v) is 6.68. The Balaban J connectivity index is 1.69. The van der Waals surface area contributed by atoms with Crippen molar-refractivity contribution < 1.29 is 13.9 Å². The monoisotopic (exact) mass is 418 g/mol. The van der Waals surface area contributed by atoms with Gasteiger partial charge in [-0.25, -0.2) is 5.43 Å². The topological polar surface area (TPSA) is 80.9 Å². The summed E-state index contributed by atoms with van der Waals surface area (Å²) in [5.41, 5.74) is 2.82. The molecule has 3 rings (SSSR count). The highest BCUT2D eigenvalue weighted by Crippen LogP contribution is 2.28. The van der Waals surface area contributed by atoms with Crippen molar-refractivity contribution in [1.82, 2.24) is 5.43 Å². The van der Waals surface area contributed by atoms with Crippen molar-refractivity contribution >= 4 is 46.3 Å². The SMILES string of the molecule is CCC(Oc1ccc(Cl)cc1Cl)C(=O)NN=Cc1coc2ccccc2c1=O. The van der Waals surface area contributed by atoms with Crippen LogP contribution in [0.1, 0.15) is 18.9 Å². The predicted molar refractivity (Wildman–Crippen MR) is 109 cm³/mol. The number of halogens is 2. The standard InChI is InChI=1S/C20H16Cl2N2O4/c1-2-16(28-18-8-7-13(21)9-15(18)22)20(26)24-23-10-12-11-27-17-6-4-3-5-14(17)19(12)25/h3-11,16H,2H2,1H3,(H,24,26). The smallest absolute Gasteiger partial charge is 0.281 e. The molecule has 28 heavy (non-hydrogen) atoms. The molecule has 8 heteroatoms. The summed E-state index contributed by atoms with van der Waals surface area (Å²) in [5, 5.41) is 5.04. The maximum absolute atomic E-state index is 12.4. The molecule has 1 unspecified atom stereocenters.